The maximum absolute atomic E-state index is 5.90. The van der Waals surface area contributed by atoms with Gasteiger partial charge in [-0.1, -0.05) is 35.9 Å². The van der Waals surface area contributed by atoms with Crippen LogP contribution in [0.15, 0.2) is 58.1 Å². The van der Waals surface area contributed by atoms with E-state index < -0.39 is 0 Å². The SMILES string of the molecule is CN=C(NCc1ncc(-c2ccc(C)cc2)o1)NC1CCN(c2cccc(C)n2)CC1. The van der Waals surface area contributed by atoms with Crippen molar-refractivity contribution in [1.29, 1.82) is 0 Å². The molecule has 3 heterocycles. The van der Waals surface area contributed by atoms with E-state index in [2.05, 4.69) is 61.7 Å². The Kier molecular flexibility index (Phi) is 6.50. The Hall–Kier alpha value is -3.35. The molecule has 1 saturated heterocycles. The molecule has 0 unspecified atom stereocenters. The third-order valence-electron chi connectivity index (χ3n) is 5.55. The Labute approximate surface area is 183 Å². The molecule has 2 aromatic heterocycles. The maximum atomic E-state index is 5.90. The zero-order valence-electron chi connectivity index (χ0n) is 18.4. The molecule has 0 aliphatic carbocycles. The molecule has 1 fully saturated rings. The number of aliphatic imine (C=N–C) groups is 1. The normalized spacial score (nSPS) is 15.2. The first-order valence-corrected chi connectivity index (χ1v) is 10.8. The van der Waals surface area contributed by atoms with E-state index in [1.165, 1.54) is 5.56 Å². The van der Waals surface area contributed by atoms with Crippen molar-refractivity contribution < 1.29 is 4.42 Å². The number of piperidine rings is 1. The van der Waals surface area contributed by atoms with Gasteiger partial charge in [-0.25, -0.2) is 9.97 Å². The van der Waals surface area contributed by atoms with Gasteiger partial charge in [0.05, 0.1) is 12.7 Å². The molecule has 2 N–H and O–H groups in total. The van der Waals surface area contributed by atoms with Gasteiger partial charge in [-0.3, -0.25) is 4.99 Å². The number of aromatic nitrogens is 2. The lowest BCUT2D eigenvalue weighted by atomic mass is 10.1. The summed E-state index contributed by atoms with van der Waals surface area (Å²) in [7, 11) is 1.79. The van der Waals surface area contributed by atoms with Crippen molar-refractivity contribution in [2.45, 2.75) is 39.3 Å². The zero-order chi connectivity index (χ0) is 21.6. The third kappa shape index (κ3) is 5.42. The number of hydrogen-bond acceptors (Lipinski definition) is 5. The van der Waals surface area contributed by atoms with Crippen LogP contribution >= 0.6 is 0 Å². The molecule has 3 aromatic rings. The standard InChI is InChI=1S/C24H30N6O/c1-17-7-9-19(10-8-17)21-15-26-23(31-21)16-27-24(25-3)29-20-11-13-30(14-12-20)22-6-4-5-18(2)28-22/h4-10,15,20H,11-14,16H2,1-3H3,(H2,25,27,29). The van der Waals surface area contributed by atoms with Gasteiger partial charge in [-0.05, 0) is 38.8 Å². The van der Waals surface area contributed by atoms with Gasteiger partial charge in [0.2, 0.25) is 5.89 Å². The highest BCUT2D eigenvalue weighted by Gasteiger charge is 2.21. The number of benzene rings is 1. The molecule has 1 aliphatic rings. The summed E-state index contributed by atoms with van der Waals surface area (Å²) in [5.74, 6) is 3.24. The lowest BCUT2D eigenvalue weighted by molar-refractivity contribution is 0.455. The summed E-state index contributed by atoms with van der Waals surface area (Å²) in [6, 6.07) is 14.8. The molecular formula is C24H30N6O. The minimum absolute atomic E-state index is 0.375. The zero-order valence-corrected chi connectivity index (χ0v) is 18.4. The lowest BCUT2D eigenvalue weighted by Gasteiger charge is -2.33. The van der Waals surface area contributed by atoms with Gasteiger partial charge < -0.3 is 20.0 Å². The predicted molar refractivity (Wildman–Crippen MR) is 124 cm³/mol. The van der Waals surface area contributed by atoms with Crippen molar-refractivity contribution in [1.82, 2.24) is 20.6 Å². The minimum Gasteiger partial charge on any atom is -0.439 e. The molecule has 1 aliphatic heterocycles. The van der Waals surface area contributed by atoms with Crippen molar-refractivity contribution in [3.63, 3.8) is 0 Å². The first-order chi connectivity index (χ1) is 15.1. The molecule has 0 amide bonds. The summed E-state index contributed by atoms with van der Waals surface area (Å²) in [5, 5.41) is 6.84. The van der Waals surface area contributed by atoms with Gasteiger partial charge in [0.1, 0.15) is 5.82 Å². The number of nitrogens with zero attached hydrogens (tertiary/aromatic N) is 4. The van der Waals surface area contributed by atoms with E-state index in [9.17, 15) is 0 Å². The molecule has 0 spiro atoms. The second-order valence-electron chi connectivity index (χ2n) is 7.95. The van der Waals surface area contributed by atoms with Crippen LogP contribution in [0, 0.1) is 13.8 Å². The Morgan fingerprint density at radius 1 is 1.13 bits per heavy atom. The van der Waals surface area contributed by atoms with Crippen molar-refractivity contribution in [2.24, 2.45) is 4.99 Å². The Morgan fingerprint density at radius 3 is 2.61 bits per heavy atom. The van der Waals surface area contributed by atoms with Crippen LogP contribution in [0.5, 0.6) is 0 Å². The van der Waals surface area contributed by atoms with Crippen LogP contribution in [0.25, 0.3) is 11.3 Å². The van der Waals surface area contributed by atoms with E-state index >= 15 is 0 Å². The monoisotopic (exact) mass is 418 g/mol. The highest BCUT2D eigenvalue weighted by atomic mass is 16.4. The smallest absolute Gasteiger partial charge is 0.214 e. The van der Waals surface area contributed by atoms with Gasteiger partial charge in [-0.15, -0.1) is 0 Å². The number of pyridine rings is 1. The Bertz CT molecular complexity index is 1020. The Balaban J connectivity index is 1.26. The summed E-state index contributed by atoms with van der Waals surface area (Å²) in [6.45, 7) is 6.54. The first kappa shape index (κ1) is 20.9. The molecule has 7 nitrogen and oxygen atoms in total. The van der Waals surface area contributed by atoms with Gasteiger partial charge in [0.25, 0.3) is 0 Å². The van der Waals surface area contributed by atoms with E-state index in [0.717, 1.165) is 54.7 Å². The fraction of sp³-hybridized carbons (Fsp3) is 0.375. The van der Waals surface area contributed by atoms with E-state index in [4.69, 9.17) is 4.42 Å². The second kappa shape index (κ2) is 9.64. The summed E-state index contributed by atoms with van der Waals surface area (Å²) >= 11 is 0. The van der Waals surface area contributed by atoms with Crippen LogP contribution in [-0.2, 0) is 6.54 Å². The molecule has 0 saturated carbocycles. The van der Waals surface area contributed by atoms with Gasteiger partial charge in [0.15, 0.2) is 11.7 Å². The number of guanidine groups is 1. The van der Waals surface area contributed by atoms with Crippen molar-refractivity contribution in [3.8, 4) is 11.3 Å². The summed E-state index contributed by atoms with van der Waals surface area (Å²) < 4.78 is 5.90. The second-order valence-corrected chi connectivity index (χ2v) is 7.95. The number of rotatable bonds is 5. The highest BCUT2D eigenvalue weighted by Crippen LogP contribution is 2.21. The predicted octanol–water partition coefficient (Wildman–Crippen LogP) is 3.69. The van der Waals surface area contributed by atoms with Crippen LogP contribution in [0.2, 0.25) is 0 Å². The van der Waals surface area contributed by atoms with Crippen molar-refractivity contribution >= 4 is 11.8 Å². The minimum atomic E-state index is 0.375. The van der Waals surface area contributed by atoms with Crippen LogP contribution < -0.4 is 15.5 Å². The molecule has 0 bridgehead atoms. The summed E-state index contributed by atoms with van der Waals surface area (Å²) in [4.78, 5) is 15.7. The summed E-state index contributed by atoms with van der Waals surface area (Å²) in [5.41, 5.74) is 3.31. The molecule has 162 valence electrons. The molecule has 0 atom stereocenters. The van der Waals surface area contributed by atoms with E-state index in [0.29, 0.717) is 18.5 Å². The van der Waals surface area contributed by atoms with Crippen molar-refractivity contribution in [2.75, 3.05) is 25.0 Å². The van der Waals surface area contributed by atoms with E-state index in [-0.39, 0.29) is 0 Å². The van der Waals surface area contributed by atoms with Crippen LogP contribution in [0.1, 0.15) is 30.0 Å². The topological polar surface area (TPSA) is 78.6 Å². The van der Waals surface area contributed by atoms with Gasteiger partial charge in [-0.2, -0.15) is 0 Å². The molecule has 1 aromatic carbocycles. The fourth-order valence-corrected chi connectivity index (χ4v) is 3.75. The first-order valence-electron chi connectivity index (χ1n) is 10.8. The van der Waals surface area contributed by atoms with Crippen molar-refractivity contribution in [3.05, 3.63) is 65.8 Å². The lowest BCUT2D eigenvalue weighted by Crippen LogP contribution is -2.48. The maximum Gasteiger partial charge on any atom is 0.214 e. The summed E-state index contributed by atoms with van der Waals surface area (Å²) in [6.07, 6.45) is 3.84. The van der Waals surface area contributed by atoms with Crippen LogP contribution in [0.4, 0.5) is 5.82 Å². The average molecular weight is 419 g/mol. The largest absolute Gasteiger partial charge is 0.439 e. The molecule has 0 radical (unpaired) electrons. The molecule has 31 heavy (non-hydrogen) atoms. The highest BCUT2D eigenvalue weighted by molar-refractivity contribution is 5.79. The fourth-order valence-electron chi connectivity index (χ4n) is 3.75. The van der Waals surface area contributed by atoms with Gasteiger partial charge in [0, 0.05) is 37.4 Å². The number of aryl methyl sites for hydroxylation is 2. The third-order valence-corrected chi connectivity index (χ3v) is 5.55. The number of oxazole rings is 1. The van der Waals surface area contributed by atoms with Crippen LogP contribution in [-0.4, -0.2) is 42.1 Å². The van der Waals surface area contributed by atoms with Crippen LogP contribution in [0.3, 0.4) is 0 Å². The molecule has 4 rings (SSSR count). The molecule has 7 heteroatoms. The number of hydrogen-bond donors (Lipinski definition) is 2. The Morgan fingerprint density at radius 2 is 1.90 bits per heavy atom. The van der Waals surface area contributed by atoms with E-state index in [1.54, 1.807) is 13.2 Å². The van der Waals surface area contributed by atoms with E-state index in [1.807, 2.05) is 25.1 Å². The molecular weight excluding hydrogens is 388 g/mol. The average Bonchev–Trinajstić information content (AvgIpc) is 3.26. The quantitative estimate of drug-likeness (QED) is 0.486. The van der Waals surface area contributed by atoms with Gasteiger partial charge >= 0.3 is 0 Å². The number of nitrogens with one attached hydrogen (secondary N) is 2. The number of anilines is 1.